The smallest absolute Gasteiger partial charge is 0.326 e. The molecular formula is C26H43N7O5. The predicted octanol–water partition coefficient (Wildman–Crippen LogP) is -0.149. The van der Waals surface area contributed by atoms with E-state index in [1.165, 1.54) is 0 Å². The van der Waals surface area contributed by atoms with Gasteiger partial charge in [-0.25, -0.2) is 4.79 Å². The molecular weight excluding hydrogens is 490 g/mol. The summed E-state index contributed by atoms with van der Waals surface area (Å²) in [5.41, 5.74) is 17.4. The highest BCUT2D eigenvalue weighted by Gasteiger charge is 2.33. The second kappa shape index (κ2) is 16.2. The maximum atomic E-state index is 13.3. The first kappa shape index (κ1) is 32.4. The van der Waals surface area contributed by atoms with E-state index in [1.807, 2.05) is 13.0 Å². The average molecular weight is 534 g/mol. The van der Waals surface area contributed by atoms with E-state index in [0.29, 0.717) is 12.8 Å². The number of carboxylic acid groups (broad SMARTS) is 1. The van der Waals surface area contributed by atoms with Gasteiger partial charge < -0.3 is 38.3 Å². The van der Waals surface area contributed by atoms with Crippen LogP contribution in [0.1, 0.15) is 52.5 Å². The molecule has 0 aliphatic carbocycles. The van der Waals surface area contributed by atoms with Crippen molar-refractivity contribution in [1.82, 2.24) is 16.0 Å². The highest BCUT2D eigenvalue weighted by Crippen LogP contribution is 2.12. The number of hydrogen-bond acceptors (Lipinski definition) is 6. The Hall–Kier alpha value is -3.67. The molecule has 1 aromatic carbocycles. The Morgan fingerprint density at radius 3 is 2.05 bits per heavy atom. The fourth-order valence-electron chi connectivity index (χ4n) is 3.61. The maximum Gasteiger partial charge on any atom is 0.326 e. The van der Waals surface area contributed by atoms with Gasteiger partial charge in [0.1, 0.15) is 18.1 Å². The SMILES string of the molecule is CCC(C)C(NC(=O)C(CCCN=C(N)N)NC(=O)C(N)C(C)C)C(=O)NC(Cc1ccccc1)C(=O)O. The van der Waals surface area contributed by atoms with Gasteiger partial charge in [-0.05, 0) is 30.2 Å². The van der Waals surface area contributed by atoms with Crippen LogP contribution in [0.5, 0.6) is 0 Å². The van der Waals surface area contributed by atoms with Gasteiger partial charge in [0.25, 0.3) is 0 Å². The van der Waals surface area contributed by atoms with Crippen LogP contribution in [0, 0.1) is 11.8 Å². The predicted molar refractivity (Wildman–Crippen MR) is 146 cm³/mol. The molecule has 0 spiro atoms. The van der Waals surface area contributed by atoms with Crippen molar-refractivity contribution in [2.75, 3.05) is 6.54 Å². The van der Waals surface area contributed by atoms with Crippen LogP contribution in [0.2, 0.25) is 0 Å². The van der Waals surface area contributed by atoms with Crippen molar-refractivity contribution in [2.45, 2.75) is 77.5 Å². The number of nitrogens with zero attached hydrogens (tertiary/aromatic N) is 1. The number of hydrogen-bond donors (Lipinski definition) is 7. The fourth-order valence-corrected chi connectivity index (χ4v) is 3.61. The Labute approximate surface area is 224 Å². The summed E-state index contributed by atoms with van der Waals surface area (Å²) in [6.45, 7) is 7.45. The molecule has 212 valence electrons. The number of benzene rings is 1. The summed E-state index contributed by atoms with van der Waals surface area (Å²) in [5, 5.41) is 17.6. The minimum Gasteiger partial charge on any atom is -0.480 e. The van der Waals surface area contributed by atoms with Gasteiger partial charge in [-0.3, -0.25) is 19.4 Å². The summed E-state index contributed by atoms with van der Waals surface area (Å²) < 4.78 is 0. The van der Waals surface area contributed by atoms with Crippen LogP contribution >= 0.6 is 0 Å². The van der Waals surface area contributed by atoms with E-state index >= 15 is 0 Å². The molecule has 0 radical (unpaired) electrons. The number of rotatable bonds is 16. The lowest BCUT2D eigenvalue weighted by Gasteiger charge is -2.28. The van der Waals surface area contributed by atoms with Crippen molar-refractivity contribution in [1.29, 1.82) is 0 Å². The summed E-state index contributed by atoms with van der Waals surface area (Å²) in [4.78, 5) is 54.9. The van der Waals surface area contributed by atoms with Gasteiger partial charge in [-0.15, -0.1) is 0 Å². The van der Waals surface area contributed by atoms with E-state index in [0.717, 1.165) is 5.56 Å². The van der Waals surface area contributed by atoms with Crippen molar-refractivity contribution in [3.8, 4) is 0 Å². The van der Waals surface area contributed by atoms with E-state index in [-0.39, 0.29) is 37.2 Å². The Bertz CT molecular complexity index is 951. The van der Waals surface area contributed by atoms with Crippen LogP contribution in [-0.2, 0) is 25.6 Å². The summed E-state index contributed by atoms with van der Waals surface area (Å²) in [6.07, 6.45) is 1.19. The monoisotopic (exact) mass is 533 g/mol. The number of guanidine groups is 1. The van der Waals surface area contributed by atoms with Crippen molar-refractivity contribution in [3.05, 3.63) is 35.9 Å². The van der Waals surface area contributed by atoms with Crippen LogP contribution in [0.25, 0.3) is 0 Å². The summed E-state index contributed by atoms with van der Waals surface area (Å²) >= 11 is 0. The molecule has 0 saturated carbocycles. The first-order valence-electron chi connectivity index (χ1n) is 12.9. The molecule has 12 nitrogen and oxygen atoms in total. The molecule has 0 aliphatic heterocycles. The number of carboxylic acids is 1. The number of amides is 3. The van der Waals surface area contributed by atoms with Crippen LogP contribution in [0.4, 0.5) is 0 Å². The minimum absolute atomic E-state index is 0.0830. The zero-order valence-corrected chi connectivity index (χ0v) is 22.6. The summed E-state index contributed by atoms with van der Waals surface area (Å²) in [6, 6.07) is 4.88. The third-order valence-electron chi connectivity index (χ3n) is 6.29. The van der Waals surface area contributed by atoms with E-state index in [9.17, 15) is 24.3 Å². The molecule has 38 heavy (non-hydrogen) atoms. The van der Waals surface area contributed by atoms with Crippen LogP contribution in [0.15, 0.2) is 35.3 Å². The Kier molecular flexibility index (Phi) is 13.8. The molecule has 0 fully saturated rings. The van der Waals surface area contributed by atoms with Crippen LogP contribution in [-0.4, -0.2) is 65.5 Å². The van der Waals surface area contributed by atoms with Crippen molar-refractivity contribution in [3.63, 3.8) is 0 Å². The largest absolute Gasteiger partial charge is 0.480 e. The third-order valence-corrected chi connectivity index (χ3v) is 6.29. The quantitative estimate of drug-likeness (QED) is 0.0859. The standard InChI is InChI=1S/C26H43N7O5/c1-5-16(4)21(24(36)32-19(25(37)38)14-17-10-7-6-8-11-17)33-22(34)18(12-9-13-30-26(28)29)31-23(35)20(27)15(2)3/h6-8,10-11,15-16,18-21H,5,9,12-14,27H2,1-4H3,(H,31,35)(H,32,36)(H,33,34)(H,37,38)(H4,28,29,30). The van der Waals surface area contributed by atoms with Gasteiger partial charge in [0, 0.05) is 13.0 Å². The first-order valence-corrected chi connectivity index (χ1v) is 12.9. The molecule has 5 unspecified atom stereocenters. The number of aliphatic imine (C=N–C) groups is 1. The zero-order valence-electron chi connectivity index (χ0n) is 22.6. The lowest BCUT2D eigenvalue weighted by Crippen LogP contribution is -2.59. The van der Waals surface area contributed by atoms with Gasteiger partial charge in [0.05, 0.1) is 6.04 Å². The van der Waals surface area contributed by atoms with Crippen molar-refractivity contribution in [2.24, 2.45) is 34.0 Å². The minimum atomic E-state index is -1.19. The van der Waals surface area contributed by atoms with Gasteiger partial charge >= 0.3 is 5.97 Å². The van der Waals surface area contributed by atoms with Gasteiger partial charge in [0.2, 0.25) is 17.7 Å². The molecule has 1 aromatic rings. The second-order valence-corrected chi connectivity index (χ2v) is 9.74. The van der Waals surface area contributed by atoms with Crippen molar-refractivity contribution < 1.29 is 24.3 Å². The lowest BCUT2D eigenvalue weighted by molar-refractivity contribution is -0.142. The van der Waals surface area contributed by atoms with Gasteiger partial charge in [-0.2, -0.15) is 0 Å². The molecule has 0 aromatic heterocycles. The van der Waals surface area contributed by atoms with E-state index in [1.54, 1.807) is 45.0 Å². The molecule has 5 atom stereocenters. The second-order valence-electron chi connectivity index (χ2n) is 9.74. The molecule has 3 amide bonds. The highest BCUT2D eigenvalue weighted by atomic mass is 16.4. The Balaban J connectivity index is 3.06. The molecule has 1 rings (SSSR count). The van der Waals surface area contributed by atoms with Crippen LogP contribution < -0.4 is 33.2 Å². The normalized spacial score (nSPS) is 14.9. The Morgan fingerprint density at radius 1 is 0.921 bits per heavy atom. The maximum absolute atomic E-state index is 13.3. The highest BCUT2D eigenvalue weighted by molar-refractivity contribution is 5.94. The number of nitrogens with one attached hydrogen (secondary N) is 3. The van der Waals surface area contributed by atoms with E-state index in [4.69, 9.17) is 17.2 Å². The van der Waals surface area contributed by atoms with Gasteiger partial charge in [-0.1, -0.05) is 64.4 Å². The molecule has 0 heterocycles. The molecule has 10 N–H and O–H groups in total. The zero-order chi connectivity index (χ0) is 28.8. The number of aliphatic carboxylic acids is 1. The first-order chi connectivity index (χ1) is 17.9. The molecule has 0 bridgehead atoms. The summed E-state index contributed by atoms with van der Waals surface area (Å²) in [5.74, 6) is -3.47. The van der Waals surface area contributed by atoms with E-state index in [2.05, 4.69) is 20.9 Å². The van der Waals surface area contributed by atoms with Crippen molar-refractivity contribution >= 4 is 29.7 Å². The fraction of sp³-hybridized carbons (Fsp3) is 0.577. The summed E-state index contributed by atoms with van der Waals surface area (Å²) in [7, 11) is 0. The number of carbonyl (C=O) groups excluding carboxylic acids is 3. The third kappa shape index (κ3) is 11.2. The van der Waals surface area contributed by atoms with Crippen LogP contribution in [0.3, 0.4) is 0 Å². The topological polar surface area (TPSA) is 215 Å². The average Bonchev–Trinajstić information content (AvgIpc) is 2.87. The van der Waals surface area contributed by atoms with E-state index < -0.39 is 47.9 Å². The van der Waals surface area contributed by atoms with Gasteiger partial charge in [0.15, 0.2) is 5.96 Å². The molecule has 0 saturated heterocycles. The number of nitrogens with two attached hydrogens (primary N) is 3. The molecule has 12 heteroatoms. The Morgan fingerprint density at radius 2 is 1.53 bits per heavy atom. The molecule has 0 aliphatic rings. The number of carbonyl (C=O) groups is 4. The lowest BCUT2D eigenvalue weighted by atomic mass is 9.96.